The van der Waals surface area contributed by atoms with Crippen LogP contribution in [0.15, 0.2) is 0 Å². The first-order chi connectivity index (χ1) is 10.5. The summed E-state index contributed by atoms with van der Waals surface area (Å²) in [6.07, 6.45) is 0.0504. The highest BCUT2D eigenvalue weighted by Crippen LogP contribution is 2.15. The number of carbonyl (C=O) groups is 2. The highest BCUT2D eigenvalue weighted by atomic mass is 16.6. The van der Waals surface area contributed by atoms with E-state index in [4.69, 9.17) is 9.47 Å². The second kappa shape index (κ2) is 7.86. The molecule has 1 fully saturated rings. The molecule has 0 bridgehead atoms. The Hall–Kier alpha value is -1.50. The van der Waals surface area contributed by atoms with E-state index < -0.39 is 17.3 Å². The van der Waals surface area contributed by atoms with E-state index in [9.17, 15) is 9.59 Å². The standard InChI is InChI=1S/C16H31N3O4/c1-15(2,3)22-13(20)18-9-10-19(12-7-8-17-11-12)14(21)23-16(4,5)6/h12,17H,7-11H2,1-6H3,(H,18,20). The molecule has 0 aromatic rings. The number of rotatable bonds is 4. The molecular weight excluding hydrogens is 298 g/mol. The summed E-state index contributed by atoms with van der Waals surface area (Å²) in [5, 5.41) is 5.92. The van der Waals surface area contributed by atoms with E-state index in [1.54, 1.807) is 4.90 Å². The van der Waals surface area contributed by atoms with Crippen molar-refractivity contribution >= 4 is 12.2 Å². The smallest absolute Gasteiger partial charge is 0.410 e. The van der Waals surface area contributed by atoms with E-state index in [0.717, 1.165) is 19.5 Å². The number of amides is 2. The van der Waals surface area contributed by atoms with E-state index in [-0.39, 0.29) is 12.1 Å². The Balaban J connectivity index is 2.53. The van der Waals surface area contributed by atoms with E-state index in [2.05, 4.69) is 10.6 Å². The largest absolute Gasteiger partial charge is 0.444 e. The van der Waals surface area contributed by atoms with E-state index >= 15 is 0 Å². The fraction of sp³-hybridized carbons (Fsp3) is 0.875. The molecule has 7 heteroatoms. The summed E-state index contributed by atoms with van der Waals surface area (Å²) in [6, 6.07) is 0.0882. The Bertz CT molecular complexity index is 407. The number of alkyl carbamates (subject to hydrolysis) is 1. The van der Waals surface area contributed by atoms with Crippen LogP contribution in [-0.4, -0.2) is 60.5 Å². The SMILES string of the molecule is CC(C)(C)OC(=O)NCCN(C(=O)OC(C)(C)C)C1CCNC1. The van der Waals surface area contributed by atoms with Gasteiger partial charge in [-0.3, -0.25) is 0 Å². The lowest BCUT2D eigenvalue weighted by molar-refractivity contribution is 0.0169. The van der Waals surface area contributed by atoms with Crippen LogP contribution in [0.2, 0.25) is 0 Å². The normalized spacial score (nSPS) is 18.4. The molecule has 1 rings (SSSR count). The maximum atomic E-state index is 12.4. The minimum absolute atomic E-state index is 0.0882. The fourth-order valence-corrected chi connectivity index (χ4v) is 2.24. The maximum Gasteiger partial charge on any atom is 0.410 e. The number of hydrogen-bond acceptors (Lipinski definition) is 5. The molecule has 0 saturated carbocycles. The zero-order chi connectivity index (χ0) is 17.7. The fourth-order valence-electron chi connectivity index (χ4n) is 2.24. The predicted molar refractivity (Wildman–Crippen MR) is 88.5 cm³/mol. The lowest BCUT2D eigenvalue weighted by Gasteiger charge is -2.31. The Labute approximate surface area is 139 Å². The van der Waals surface area contributed by atoms with Gasteiger partial charge in [0.2, 0.25) is 0 Å². The van der Waals surface area contributed by atoms with Crippen molar-refractivity contribution in [2.75, 3.05) is 26.2 Å². The van der Waals surface area contributed by atoms with Crippen LogP contribution >= 0.6 is 0 Å². The third kappa shape index (κ3) is 8.06. The maximum absolute atomic E-state index is 12.4. The van der Waals surface area contributed by atoms with Crippen LogP contribution in [0, 0.1) is 0 Å². The summed E-state index contributed by atoms with van der Waals surface area (Å²) in [5.74, 6) is 0. The molecule has 1 aliphatic rings. The number of hydrogen-bond donors (Lipinski definition) is 2. The lowest BCUT2D eigenvalue weighted by Crippen LogP contribution is -2.48. The summed E-state index contributed by atoms with van der Waals surface area (Å²) in [6.45, 7) is 13.3. The van der Waals surface area contributed by atoms with Crippen LogP contribution in [0.4, 0.5) is 9.59 Å². The number of ether oxygens (including phenoxy) is 2. The Kier molecular flexibility index (Phi) is 6.68. The molecular formula is C16H31N3O4. The Morgan fingerprint density at radius 1 is 1.13 bits per heavy atom. The van der Waals surface area contributed by atoms with Gasteiger partial charge in [-0.05, 0) is 54.5 Å². The molecule has 0 radical (unpaired) electrons. The molecule has 0 aromatic heterocycles. The van der Waals surface area contributed by atoms with Crippen LogP contribution in [0.5, 0.6) is 0 Å². The summed E-state index contributed by atoms with van der Waals surface area (Å²) in [7, 11) is 0. The Morgan fingerprint density at radius 2 is 1.74 bits per heavy atom. The van der Waals surface area contributed by atoms with E-state index in [1.807, 2.05) is 41.5 Å². The second-order valence-electron chi connectivity index (χ2n) is 7.75. The number of nitrogens with zero attached hydrogens (tertiary/aromatic N) is 1. The Morgan fingerprint density at radius 3 is 2.22 bits per heavy atom. The minimum atomic E-state index is -0.542. The first-order valence-corrected chi connectivity index (χ1v) is 8.15. The molecule has 0 aliphatic carbocycles. The van der Waals surface area contributed by atoms with Gasteiger partial charge in [-0.15, -0.1) is 0 Å². The average Bonchev–Trinajstić information content (AvgIpc) is 2.83. The molecule has 1 heterocycles. The van der Waals surface area contributed by atoms with Gasteiger partial charge < -0.3 is 25.0 Å². The van der Waals surface area contributed by atoms with Crippen LogP contribution in [0.3, 0.4) is 0 Å². The first-order valence-electron chi connectivity index (χ1n) is 8.15. The average molecular weight is 329 g/mol. The molecule has 0 aromatic carbocycles. The summed E-state index contributed by atoms with van der Waals surface area (Å²) in [4.78, 5) is 25.7. The highest BCUT2D eigenvalue weighted by Gasteiger charge is 2.30. The third-order valence-electron chi connectivity index (χ3n) is 3.12. The zero-order valence-corrected chi connectivity index (χ0v) is 15.2. The van der Waals surface area contributed by atoms with Gasteiger partial charge in [-0.25, -0.2) is 9.59 Å². The van der Waals surface area contributed by atoms with Gasteiger partial charge in [0.05, 0.1) is 0 Å². The highest BCUT2D eigenvalue weighted by molar-refractivity contribution is 5.69. The van der Waals surface area contributed by atoms with Crippen molar-refractivity contribution in [3.63, 3.8) is 0 Å². The topological polar surface area (TPSA) is 79.9 Å². The number of nitrogens with one attached hydrogen (secondary N) is 2. The molecule has 1 unspecified atom stereocenters. The van der Waals surface area contributed by atoms with Crippen molar-refractivity contribution in [1.29, 1.82) is 0 Å². The van der Waals surface area contributed by atoms with Crippen molar-refractivity contribution in [2.45, 2.75) is 65.2 Å². The van der Waals surface area contributed by atoms with Crippen LogP contribution < -0.4 is 10.6 Å². The summed E-state index contributed by atoms with van der Waals surface area (Å²) in [5.41, 5.74) is -1.08. The van der Waals surface area contributed by atoms with Gasteiger partial charge >= 0.3 is 12.2 Å². The summed E-state index contributed by atoms with van der Waals surface area (Å²) >= 11 is 0. The minimum Gasteiger partial charge on any atom is -0.444 e. The lowest BCUT2D eigenvalue weighted by atomic mass is 10.2. The number of carbonyl (C=O) groups excluding carboxylic acids is 2. The van der Waals surface area contributed by atoms with Gasteiger partial charge in [-0.1, -0.05) is 0 Å². The molecule has 7 nitrogen and oxygen atoms in total. The molecule has 2 amide bonds. The monoisotopic (exact) mass is 329 g/mol. The molecule has 1 atom stereocenters. The molecule has 1 aliphatic heterocycles. The van der Waals surface area contributed by atoms with Crippen LogP contribution in [-0.2, 0) is 9.47 Å². The summed E-state index contributed by atoms with van der Waals surface area (Å²) < 4.78 is 10.7. The van der Waals surface area contributed by atoms with Gasteiger partial charge in [-0.2, -0.15) is 0 Å². The quantitative estimate of drug-likeness (QED) is 0.826. The van der Waals surface area contributed by atoms with Crippen LogP contribution in [0.1, 0.15) is 48.0 Å². The van der Waals surface area contributed by atoms with Crippen molar-refractivity contribution in [2.24, 2.45) is 0 Å². The molecule has 2 N–H and O–H groups in total. The third-order valence-corrected chi connectivity index (χ3v) is 3.12. The van der Waals surface area contributed by atoms with Crippen molar-refractivity contribution < 1.29 is 19.1 Å². The van der Waals surface area contributed by atoms with Gasteiger partial charge in [0.15, 0.2) is 0 Å². The van der Waals surface area contributed by atoms with Gasteiger partial charge in [0.1, 0.15) is 11.2 Å². The van der Waals surface area contributed by atoms with E-state index in [0.29, 0.717) is 13.1 Å². The molecule has 1 saturated heterocycles. The molecule has 134 valence electrons. The van der Waals surface area contributed by atoms with Crippen molar-refractivity contribution in [1.82, 2.24) is 15.5 Å². The van der Waals surface area contributed by atoms with Gasteiger partial charge in [0.25, 0.3) is 0 Å². The first kappa shape index (κ1) is 19.5. The van der Waals surface area contributed by atoms with Crippen LogP contribution in [0.25, 0.3) is 0 Å². The van der Waals surface area contributed by atoms with Crippen molar-refractivity contribution in [3.05, 3.63) is 0 Å². The second-order valence-corrected chi connectivity index (χ2v) is 7.75. The molecule has 0 spiro atoms. The van der Waals surface area contributed by atoms with Gasteiger partial charge in [0, 0.05) is 25.7 Å². The van der Waals surface area contributed by atoms with E-state index in [1.165, 1.54) is 0 Å². The van der Waals surface area contributed by atoms with Crippen molar-refractivity contribution in [3.8, 4) is 0 Å². The molecule has 23 heavy (non-hydrogen) atoms. The zero-order valence-electron chi connectivity index (χ0n) is 15.2. The predicted octanol–water partition coefficient (Wildman–Crippen LogP) is 2.11.